The highest BCUT2D eigenvalue weighted by Gasteiger charge is 2.43. The first-order valence-corrected chi connectivity index (χ1v) is 10.7. The first kappa shape index (κ1) is 24.0. The van der Waals surface area contributed by atoms with Crippen LogP contribution in [0.4, 0.5) is 33.5 Å². The van der Waals surface area contributed by atoms with Crippen molar-refractivity contribution in [3.8, 4) is 0 Å². The molecule has 32 heavy (non-hydrogen) atoms. The maximum atomic E-state index is 14.6. The molecule has 170 valence electrons. The summed E-state index contributed by atoms with van der Waals surface area (Å²) in [6.07, 6.45) is -2.77. The normalized spacial score (nSPS) is 13.0. The molecular formula is C18H11Cl2F5N4O2S. The predicted octanol–water partition coefficient (Wildman–Crippen LogP) is 5.58. The molecule has 0 spiro atoms. The van der Waals surface area contributed by atoms with E-state index >= 15 is 0 Å². The molecule has 0 aliphatic rings. The van der Waals surface area contributed by atoms with Crippen LogP contribution in [0.25, 0.3) is 0 Å². The van der Waals surface area contributed by atoms with E-state index in [1.807, 2.05) is 10.0 Å². The van der Waals surface area contributed by atoms with Gasteiger partial charge < -0.3 is 5.32 Å². The fraction of sp³-hybridized carbons (Fsp3) is 0.111. The van der Waals surface area contributed by atoms with Crippen LogP contribution in [-0.4, -0.2) is 24.6 Å². The first-order valence-electron chi connectivity index (χ1n) is 8.44. The van der Waals surface area contributed by atoms with Gasteiger partial charge >= 0.3 is 6.18 Å². The van der Waals surface area contributed by atoms with Crippen molar-refractivity contribution in [2.45, 2.75) is 17.1 Å². The molecule has 0 saturated heterocycles. The standard InChI is InChI=1S/C18H11Cl2F5N4O2S/c19-9-1-2-12(21)10(5-9)17(18(23,24)25)28-14-7-13(22)15(6-11(14)20)32(30,31)29-16-3-4-26-8-27-16/h1-8,17,28H,(H,26,27,29)/t17-/m1/s1. The van der Waals surface area contributed by atoms with Crippen LogP contribution < -0.4 is 10.0 Å². The van der Waals surface area contributed by atoms with Crippen molar-refractivity contribution in [2.75, 3.05) is 10.0 Å². The van der Waals surface area contributed by atoms with Gasteiger partial charge in [-0.05, 0) is 36.4 Å². The van der Waals surface area contributed by atoms with Crippen LogP contribution in [0.5, 0.6) is 0 Å². The number of alkyl halides is 3. The van der Waals surface area contributed by atoms with Crippen LogP contribution in [0.2, 0.25) is 10.0 Å². The molecule has 1 heterocycles. The summed E-state index contributed by atoms with van der Waals surface area (Å²) in [7, 11) is -4.53. The molecule has 2 aromatic carbocycles. The quantitative estimate of drug-likeness (QED) is 0.421. The van der Waals surface area contributed by atoms with E-state index in [4.69, 9.17) is 23.2 Å². The molecule has 14 heteroatoms. The lowest BCUT2D eigenvalue weighted by Gasteiger charge is -2.24. The third kappa shape index (κ3) is 5.37. The van der Waals surface area contributed by atoms with Gasteiger partial charge in [0.2, 0.25) is 0 Å². The van der Waals surface area contributed by atoms with Crippen molar-refractivity contribution in [3.05, 3.63) is 76.2 Å². The molecule has 3 rings (SSSR count). The van der Waals surface area contributed by atoms with Gasteiger partial charge in [-0.25, -0.2) is 27.2 Å². The molecule has 1 aromatic heterocycles. The number of nitrogens with zero attached hydrogens (tertiary/aromatic N) is 2. The predicted molar refractivity (Wildman–Crippen MR) is 108 cm³/mol. The van der Waals surface area contributed by atoms with Crippen LogP contribution in [-0.2, 0) is 10.0 Å². The van der Waals surface area contributed by atoms with Crippen molar-refractivity contribution >= 4 is 44.7 Å². The summed E-state index contributed by atoms with van der Waals surface area (Å²) in [4.78, 5) is 6.29. The van der Waals surface area contributed by atoms with Crippen molar-refractivity contribution in [3.63, 3.8) is 0 Å². The number of halogens is 7. The highest BCUT2D eigenvalue weighted by molar-refractivity contribution is 7.92. The number of sulfonamides is 1. The molecule has 0 unspecified atom stereocenters. The minimum absolute atomic E-state index is 0.160. The van der Waals surface area contributed by atoms with E-state index in [1.165, 1.54) is 12.3 Å². The van der Waals surface area contributed by atoms with Crippen molar-refractivity contribution in [2.24, 2.45) is 0 Å². The van der Waals surface area contributed by atoms with E-state index in [2.05, 4.69) is 9.97 Å². The largest absolute Gasteiger partial charge is 0.412 e. The second-order valence-corrected chi connectivity index (χ2v) is 8.74. The molecule has 1 atom stereocenters. The van der Waals surface area contributed by atoms with E-state index in [1.54, 1.807) is 0 Å². The highest BCUT2D eigenvalue weighted by Crippen LogP contribution is 2.40. The van der Waals surface area contributed by atoms with E-state index < -0.39 is 55.0 Å². The lowest BCUT2D eigenvalue weighted by atomic mass is 10.1. The van der Waals surface area contributed by atoms with Crippen LogP contribution in [0.1, 0.15) is 11.6 Å². The van der Waals surface area contributed by atoms with Crippen LogP contribution in [0, 0.1) is 11.6 Å². The Morgan fingerprint density at radius 2 is 1.72 bits per heavy atom. The number of rotatable bonds is 6. The molecule has 0 amide bonds. The zero-order chi connectivity index (χ0) is 23.7. The maximum absolute atomic E-state index is 14.6. The second-order valence-electron chi connectivity index (χ2n) is 6.25. The first-order chi connectivity index (χ1) is 14.9. The summed E-state index contributed by atoms with van der Waals surface area (Å²) in [5.74, 6) is -2.80. The molecular weight excluding hydrogens is 502 g/mol. The minimum Gasteiger partial charge on any atom is -0.369 e. The van der Waals surface area contributed by atoms with Gasteiger partial charge in [-0.2, -0.15) is 13.2 Å². The number of benzene rings is 2. The number of hydrogen-bond donors (Lipinski definition) is 2. The zero-order valence-corrected chi connectivity index (χ0v) is 17.8. The summed E-state index contributed by atoms with van der Waals surface area (Å²) in [6.45, 7) is 0. The maximum Gasteiger partial charge on any atom is 0.412 e. The van der Waals surface area contributed by atoms with Crippen LogP contribution in [0.15, 0.2) is 53.8 Å². The Kier molecular flexibility index (Phi) is 6.77. The molecule has 0 aliphatic heterocycles. The molecule has 0 fully saturated rings. The third-order valence-corrected chi connectivity index (χ3v) is 5.95. The highest BCUT2D eigenvalue weighted by atomic mass is 35.5. The SMILES string of the molecule is O=S(=O)(Nc1ccncn1)c1cc(Cl)c(N[C@H](c2cc(Cl)ccc2F)C(F)(F)F)cc1F. The van der Waals surface area contributed by atoms with Gasteiger partial charge in [0.1, 0.15) is 28.7 Å². The Balaban J connectivity index is 1.98. The molecule has 0 aliphatic carbocycles. The Bertz CT molecular complexity index is 1240. The Morgan fingerprint density at radius 3 is 2.34 bits per heavy atom. The van der Waals surface area contributed by atoms with Crippen molar-refractivity contribution in [1.82, 2.24) is 9.97 Å². The van der Waals surface area contributed by atoms with Crippen LogP contribution >= 0.6 is 23.2 Å². The Morgan fingerprint density at radius 1 is 1.00 bits per heavy atom. The summed E-state index contributed by atoms with van der Waals surface area (Å²) in [6, 6.07) is 2.18. The van der Waals surface area contributed by atoms with E-state index in [9.17, 15) is 30.4 Å². The summed E-state index contributed by atoms with van der Waals surface area (Å²) < 4.78 is 96.4. The van der Waals surface area contributed by atoms with Gasteiger partial charge in [-0.1, -0.05) is 23.2 Å². The van der Waals surface area contributed by atoms with Crippen molar-refractivity contribution < 1.29 is 30.4 Å². The average molecular weight is 513 g/mol. The molecule has 2 N–H and O–H groups in total. The van der Waals surface area contributed by atoms with Gasteiger partial charge in [0.25, 0.3) is 10.0 Å². The molecule has 3 aromatic rings. The summed E-state index contributed by atoms with van der Waals surface area (Å²) in [5.41, 5.74) is -1.48. The molecule has 0 saturated carbocycles. The fourth-order valence-electron chi connectivity index (χ4n) is 2.62. The second kappa shape index (κ2) is 9.04. The molecule has 0 radical (unpaired) electrons. The number of aromatic nitrogens is 2. The minimum atomic E-state index is -5.04. The zero-order valence-electron chi connectivity index (χ0n) is 15.5. The van der Waals surface area contributed by atoms with Gasteiger partial charge in [0, 0.05) is 16.8 Å². The Hall–Kier alpha value is -2.70. The average Bonchev–Trinajstić information content (AvgIpc) is 2.69. The summed E-state index contributed by atoms with van der Waals surface area (Å²) >= 11 is 11.6. The topological polar surface area (TPSA) is 84.0 Å². The number of anilines is 2. The van der Waals surface area contributed by atoms with Gasteiger partial charge in [0.15, 0.2) is 6.04 Å². The lowest BCUT2D eigenvalue weighted by Crippen LogP contribution is -2.29. The van der Waals surface area contributed by atoms with Crippen molar-refractivity contribution in [1.29, 1.82) is 0 Å². The smallest absolute Gasteiger partial charge is 0.369 e. The molecule has 6 nitrogen and oxygen atoms in total. The molecule has 0 bridgehead atoms. The van der Waals surface area contributed by atoms with Crippen LogP contribution in [0.3, 0.4) is 0 Å². The monoisotopic (exact) mass is 512 g/mol. The van der Waals surface area contributed by atoms with Gasteiger partial charge in [0.05, 0.1) is 10.7 Å². The number of hydrogen-bond acceptors (Lipinski definition) is 5. The van der Waals surface area contributed by atoms with E-state index in [0.29, 0.717) is 12.1 Å². The number of nitrogens with one attached hydrogen (secondary N) is 2. The van der Waals surface area contributed by atoms with Gasteiger partial charge in [-0.3, -0.25) is 4.72 Å². The lowest BCUT2D eigenvalue weighted by molar-refractivity contribution is -0.144. The third-order valence-electron chi connectivity index (χ3n) is 4.03. The van der Waals surface area contributed by atoms with E-state index in [-0.39, 0.29) is 10.8 Å². The van der Waals surface area contributed by atoms with Gasteiger partial charge in [-0.15, -0.1) is 0 Å². The fourth-order valence-corrected chi connectivity index (χ4v) is 4.17. The Labute approximate surface area is 188 Å². The summed E-state index contributed by atoms with van der Waals surface area (Å²) in [5, 5.41) is 1.19. The van der Waals surface area contributed by atoms with E-state index in [0.717, 1.165) is 24.5 Å².